The molecule has 2 N–H and O–H groups in total. The van der Waals surface area contributed by atoms with E-state index in [0.29, 0.717) is 0 Å². The van der Waals surface area contributed by atoms with E-state index in [0.717, 1.165) is 0 Å². The zero-order valence-corrected chi connectivity index (χ0v) is 10.8. The van der Waals surface area contributed by atoms with E-state index in [9.17, 15) is 31.5 Å². The topological polar surface area (TPSA) is 73.1 Å². The first-order valence-corrected chi connectivity index (χ1v) is 5.41. The van der Waals surface area contributed by atoms with Crippen LogP contribution in [0.5, 0.6) is 0 Å². The summed E-state index contributed by atoms with van der Waals surface area (Å²) in [4.78, 5) is 24.7. The summed E-state index contributed by atoms with van der Waals surface area (Å²) in [6, 6.07) is 0. The van der Waals surface area contributed by atoms with Crippen molar-refractivity contribution in [3.05, 3.63) is 22.5 Å². The summed E-state index contributed by atoms with van der Waals surface area (Å²) in [6.07, 6.45) is -8.78. The fourth-order valence-electron chi connectivity index (χ4n) is 1.41. The maximum absolute atomic E-state index is 12.7. The summed E-state index contributed by atoms with van der Waals surface area (Å²) >= 11 is 8.16. The molecule has 0 bridgehead atoms. The molecule has 0 amide bonds. The monoisotopic (exact) mass is 330 g/mol. The highest BCUT2D eigenvalue weighted by Crippen LogP contribution is 2.37. The molecule has 0 aliphatic heterocycles. The average Bonchev–Trinajstić information content (AvgIpc) is 2.24. The predicted molar refractivity (Wildman–Crippen MR) is 62.0 cm³/mol. The number of hydrogen-bond donors (Lipinski definition) is 1. The molecule has 0 fully saturated rings. The molecule has 1 aromatic rings. The number of pyridine rings is 1. The molecular formula is C9H3F5N2O2S2-2. The molecule has 0 aliphatic rings. The second kappa shape index (κ2) is 5.40. The van der Waals surface area contributed by atoms with Gasteiger partial charge in [-0.05, 0) is 0 Å². The summed E-state index contributed by atoms with van der Waals surface area (Å²) in [5, 5.41) is -3.04. The fraction of sp³-hybridized carbons (Fsp3) is 0.222. The largest absolute Gasteiger partial charge is 0.737 e. The second-order valence-electron chi connectivity index (χ2n) is 3.38. The van der Waals surface area contributed by atoms with Gasteiger partial charge in [0.15, 0.2) is 5.69 Å². The number of anilines is 1. The Morgan fingerprint density at radius 3 is 1.85 bits per heavy atom. The Bertz CT molecular complexity index is 589. The van der Waals surface area contributed by atoms with Crippen molar-refractivity contribution in [1.29, 1.82) is 0 Å². The predicted octanol–water partition coefficient (Wildman–Crippen LogP) is 1.99. The Labute approximate surface area is 119 Å². The molecule has 0 aliphatic carbocycles. The third-order valence-corrected chi connectivity index (χ3v) is 2.56. The van der Waals surface area contributed by atoms with Gasteiger partial charge in [-0.3, -0.25) is 0 Å². The zero-order valence-electron chi connectivity index (χ0n) is 9.12. The van der Waals surface area contributed by atoms with Crippen LogP contribution in [0.25, 0.3) is 0 Å². The molecule has 20 heavy (non-hydrogen) atoms. The van der Waals surface area contributed by atoms with Gasteiger partial charge in [-0.15, -0.1) is 0 Å². The highest BCUT2D eigenvalue weighted by atomic mass is 32.1. The van der Waals surface area contributed by atoms with Crippen LogP contribution >= 0.6 is 0 Å². The minimum absolute atomic E-state index is 1.11. The van der Waals surface area contributed by atoms with Crippen LogP contribution < -0.4 is 5.73 Å². The van der Waals surface area contributed by atoms with E-state index >= 15 is 0 Å². The Balaban J connectivity index is 3.90. The van der Waals surface area contributed by atoms with Crippen LogP contribution in [0.3, 0.4) is 0 Å². The summed E-state index contributed by atoms with van der Waals surface area (Å²) in [7, 11) is 0. The van der Waals surface area contributed by atoms with E-state index in [-0.39, 0.29) is 0 Å². The van der Waals surface area contributed by atoms with Gasteiger partial charge in [0.1, 0.15) is 5.69 Å². The number of alkyl halides is 5. The van der Waals surface area contributed by atoms with Crippen LogP contribution in [0, 0.1) is 0 Å². The number of carbonyl (C=O) groups excluding carboxylic acids is 2. The molecule has 0 unspecified atom stereocenters. The molecule has 1 heterocycles. The van der Waals surface area contributed by atoms with Gasteiger partial charge in [-0.1, -0.05) is 0 Å². The molecule has 1 rings (SSSR count). The standard InChI is InChI=1S/C9H5F5N2O2S2/c10-6(11)4-1(7(17)19)3(15)2(8(18)20)5(16-4)9(12,13)14/h6H,(H2,15,16)(H,17,19)(H,18,20)/p-2. The van der Waals surface area contributed by atoms with Crippen molar-refractivity contribution < 1.29 is 31.5 Å². The van der Waals surface area contributed by atoms with Crippen molar-refractivity contribution in [3.63, 3.8) is 0 Å². The Hall–Kier alpha value is -1.62. The third kappa shape index (κ3) is 2.93. The summed E-state index contributed by atoms with van der Waals surface area (Å²) in [6.45, 7) is 0. The van der Waals surface area contributed by atoms with Gasteiger partial charge in [0.2, 0.25) is 0 Å². The highest BCUT2D eigenvalue weighted by molar-refractivity contribution is 7.78. The quantitative estimate of drug-likeness (QED) is 0.675. The summed E-state index contributed by atoms with van der Waals surface area (Å²) in [5.74, 6) is 0. The van der Waals surface area contributed by atoms with E-state index in [1.165, 1.54) is 0 Å². The zero-order chi connectivity index (χ0) is 15.8. The second-order valence-corrected chi connectivity index (χ2v) is 4.12. The van der Waals surface area contributed by atoms with E-state index in [4.69, 9.17) is 5.73 Å². The first-order chi connectivity index (χ1) is 8.98. The van der Waals surface area contributed by atoms with Gasteiger partial charge < -0.3 is 40.6 Å². The maximum Gasteiger partial charge on any atom is 0.434 e. The summed E-state index contributed by atoms with van der Waals surface area (Å²) < 4.78 is 63.4. The SMILES string of the molecule is Nc1c(C(=O)[S-])c(C(F)F)nc(C(F)(F)F)c1C(=O)[S-]. The fourth-order valence-corrected chi connectivity index (χ4v) is 1.83. The number of nitrogens with zero attached hydrogens (tertiary/aromatic N) is 1. The van der Waals surface area contributed by atoms with Crippen molar-refractivity contribution in [1.82, 2.24) is 4.98 Å². The number of nitrogens with two attached hydrogens (primary N) is 1. The Morgan fingerprint density at radius 1 is 1.10 bits per heavy atom. The van der Waals surface area contributed by atoms with E-state index < -0.39 is 51.0 Å². The molecular weight excluding hydrogens is 327 g/mol. The van der Waals surface area contributed by atoms with Gasteiger partial charge in [0.05, 0.1) is 5.69 Å². The van der Waals surface area contributed by atoms with Crippen molar-refractivity contribution >= 4 is 41.2 Å². The lowest BCUT2D eigenvalue weighted by Gasteiger charge is -2.21. The van der Waals surface area contributed by atoms with Gasteiger partial charge in [0, 0.05) is 21.4 Å². The average molecular weight is 330 g/mol. The lowest BCUT2D eigenvalue weighted by molar-refractivity contribution is -0.141. The molecule has 0 saturated carbocycles. The van der Waals surface area contributed by atoms with Crippen LogP contribution in [0.4, 0.5) is 27.6 Å². The van der Waals surface area contributed by atoms with Crippen molar-refractivity contribution in [2.75, 3.05) is 5.73 Å². The summed E-state index contributed by atoms with van der Waals surface area (Å²) in [5.41, 5.74) is -1.91. The normalized spacial score (nSPS) is 11.7. The number of rotatable bonds is 3. The minimum Gasteiger partial charge on any atom is -0.737 e. The first-order valence-electron chi connectivity index (χ1n) is 4.59. The first kappa shape index (κ1) is 16.4. The van der Waals surface area contributed by atoms with Gasteiger partial charge >= 0.3 is 6.18 Å². The molecule has 1 aromatic heterocycles. The number of carbonyl (C=O) groups is 2. The van der Waals surface area contributed by atoms with Crippen molar-refractivity contribution in [2.45, 2.75) is 12.6 Å². The van der Waals surface area contributed by atoms with E-state index in [1.54, 1.807) is 0 Å². The molecule has 4 nitrogen and oxygen atoms in total. The smallest absolute Gasteiger partial charge is 0.434 e. The van der Waals surface area contributed by atoms with Gasteiger partial charge in [-0.25, -0.2) is 13.8 Å². The Kier molecular flexibility index (Phi) is 4.44. The van der Waals surface area contributed by atoms with Crippen LogP contribution in [-0.2, 0) is 31.4 Å². The molecule has 11 heteroatoms. The third-order valence-electron chi connectivity index (χ3n) is 2.15. The number of aromatic nitrogens is 1. The van der Waals surface area contributed by atoms with Crippen LogP contribution in [0.1, 0.15) is 38.5 Å². The minimum atomic E-state index is -5.25. The van der Waals surface area contributed by atoms with Gasteiger partial charge in [0.25, 0.3) is 6.43 Å². The molecule has 0 saturated heterocycles. The number of halogens is 5. The molecule has 0 atom stereocenters. The Morgan fingerprint density at radius 2 is 1.55 bits per heavy atom. The lowest BCUT2D eigenvalue weighted by atomic mass is 10.0. The number of hydrogen-bond acceptors (Lipinski definition) is 6. The lowest BCUT2D eigenvalue weighted by Crippen LogP contribution is -2.22. The molecule has 0 spiro atoms. The van der Waals surface area contributed by atoms with E-state index in [1.807, 2.05) is 0 Å². The van der Waals surface area contributed by atoms with Gasteiger partial charge in [-0.2, -0.15) is 13.2 Å². The van der Waals surface area contributed by atoms with Crippen LogP contribution in [-0.4, -0.2) is 15.2 Å². The molecule has 0 radical (unpaired) electrons. The van der Waals surface area contributed by atoms with Crippen molar-refractivity contribution in [2.24, 2.45) is 0 Å². The number of nitrogen functional groups attached to an aromatic ring is 1. The van der Waals surface area contributed by atoms with E-state index in [2.05, 4.69) is 30.2 Å². The highest BCUT2D eigenvalue weighted by Gasteiger charge is 2.39. The molecule has 110 valence electrons. The molecule has 0 aromatic carbocycles. The van der Waals surface area contributed by atoms with Crippen LogP contribution in [0.15, 0.2) is 0 Å². The van der Waals surface area contributed by atoms with Crippen molar-refractivity contribution in [3.8, 4) is 0 Å². The van der Waals surface area contributed by atoms with Crippen LogP contribution in [0.2, 0.25) is 0 Å². The maximum atomic E-state index is 12.7.